The Hall–Kier alpha value is -1.58. The van der Waals surface area contributed by atoms with Crippen molar-refractivity contribution in [2.24, 2.45) is 5.92 Å². The number of aromatic nitrogens is 2. The van der Waals surface area contributed by atoms with E-state index in [4.69, 9.17) is 10.2 Å². The minimum absolute atomic E-state index is 0.528. The van der Waals surface area contributed by atoms with Crippen LogP contribution in [0.4, 0.5) is 5.69 Å². The summed E-state index contributed by atoms with van der Waals surface area (Å²) in [6.45, 7) is 4.24. The van der Waals surface area contributed by atoms with E-state index < -0.39 is 0 Å². The summed E-state index contributed by atoms with van der Waals surface area (Å²) >= 11 is 0. The van der Waals surface area contributed by atoms with E-state index in [1.165, 1.54) is 0 Å². The first kappa shape index (κ1) is 8.99. The van der Waals surface area contributed by atoms with Gasteiger partial charge in [-0.2, -0.15) is 0 Å². The number of nitrogens with two attached hydrogens (primary N) is 1. The number of oxazole rings is 1. The molecule has 0 fully saturated rings. The lowest BCUT2D eigenvalue weighted by atomic mass is 10.1. The molecule has 0 unspecified atom stereocenters. The summed E-state index contributed by atoms with van der Waals surface area (Å²) in [7, 11) is 0. The van der Waals surface area contributed by atoms with Crippen molar-refractivity contribution in [3.05, 3.63) is 18.2 Å². The molecule has 0 amide bonds. The zero-order valence-corrected chi connectivity index (χ0v) is 8.32. The Morgan fingerprint density at radius 1 is 1.50 bits per heavy atom. The molecule has 0 saturated heterocycles. The van der Waals surface area contributed by atoms with Crippen molar-refractivity contribution in [2.75, 3.05) is 5.73 Å². The molecule has 0 spiro atoms. The van der Waals surface area contributed by atoms with Gasteiger partial charge in [0.2, 0.25) is 5.71 Å². The Kier molecular flexibility index (Phi) is 2.11. The highest BCUT2D eigenvalue weighted by atomic mass is 16.4. The third-order valence-electron chi connectivity index (χ3n) is 1.90. The van der Waals surface area contributed by atoms with E-state index >= 15 is 0 Å². The Labute approximate surface area is 82.1 Å². The fourth-order valence-electron chi connectivity index (χ4n) is 1.32. The second-order valence-corrected chi connectivity index (χ2v) is 3.80. The largest absolute Gasteiger partial charge is 0.422 e. The monoisotopic (exact) mass is 191 g/mol. The first-order valence-electron chi connectivity index (χ1n) is 4.66. The zero-order valence-electron chi connectivity index (χ0n) is 8.32. The van der Waals surface area contributed by atoms with Crippen LogP contribution in [0.5, 0.6) is 0 Å². The van der Waals surface area contributed by atoms with Crippen LogP contribution in [0.3, 0.4) is 0 Å². The van der Waals surface area contributed by atoms with Crippen LogP contribution in [0.25, 0.3) is 11.2 Å². The molecular formula is C10H13N3O. The summed E-state index contributed by atoms with van der Waals surface area (Å²) in [6, 6.07) is 1.77. The van der Waals surface area contributed by atoms with E-state index in [1.54, 1.807) is 12.3 Å². The smallest absolute Gasteiger partial charge is 0.247 e. The normalized spacial score (nSPS) is 11.4. The number of rotatable bonds is 2. The van der Waals surface area contributed by atoms with Crippen molar-refractivity contribution in [1.82, 2.24) is 9.97 Å². The van der Waals surface area contributed by atoms with E-state index in [1.807, 2.05) is 0 Å². The first-order valence-corrected chi connectivity index (χ1v) is 4.66. The van der Waals surface area contributed by atoms with E-state index in [-0.39, 0.29) is 0 Å². The number of anilines is 1. The highest BCUT2D eigenvalue weighted by Crippen LogP contribution is 2.17. The number of hydrogen-bond acceptors (Lipinski definition) is 4. The van der Waals surface area contributed by atoms with Crippen LogP contribution in [0.2, 0.25) is 0 Å². The lowest BCUT2D eigenvalue weighted by molar-refractivity contribution is 0.477. The molecule has 2 aromatic heterocycles. The fraction of sp³-hybridized carbons (Fsp3) is 0.400. The van der Waals surface area contributed by atoms with Gasteiger partial charge in [0, 0.05) is 6.42 Å². The van der Waals surface area contributed by atoms with E-state index in [9.17, 15) is 0 Å². The second-order valence-electron chi connectivity index (χ2n) is 3.80. The summed E-state index contributed by atoms with van der Waals surface area (Å²) in [5.41, 5.74) is 7.50. The zero-order chi connectivity index (χ0) is 10.1. The van der Waals surface area contributed by atoms with Gasteiger partial charge < -0.3 is 10.2 Å². The third kappa shape index (κ3) is 1.69. The van der Waals surface area contributed by atoms with Gasteiger partial charge in [-0.3, -0.25) is 0 Å². The highest BCUT2D eigenvalue weighted by molar-refractivity contribution is 5.71. The molecule has 0 aliphatic carbocycles. The minimum atomic E-state index is 0.528. The molecule has 0 bridgehead atoms. The molecule has 2 heterocycles. The molecule has 4 nitrogen and oxygen atoms in total. The fourth-order valence-corrected chi connectivity index (χ4v) is 1.32. The molecule has 2 aromatic rings. The van der Waals surface area contributed by atoms with Crippen molar-refractivity contribution in [3.63, 3.8) is 0 Å². The van der Waals surface area contributed by atoms with Crippen LogP contribution in [0.1, 0.15) is 19.7 Å². The maximum Gasteiger partial charge on any atom is 0.247 e. The number of nitrogen functional groups attached to an aromatic ring is 1. The molecule has 0 aromatic carbocycles. The Morgan fingerprint density at radius 3 is 3.00 bits per heavy atom. The second kappa shape index (κ2) is 3.29. The third-order valence-corrected chi connectivity index (χ3v) is 1.90. The Bertz CT molecular complexity index is 448. The number of hydrogen-bond donors (Lipinski definition) is 1. The van der Waals surface area contributed by atoms with Crippen molar-refractivity contribution in [1.29, 1.82) is 0 Å². The molecule has 74 valence electrons. The van der Waals surface area contributed by atoms with Gasteiger partial charge in [0.05, 0.1) is 11.9 Å². The molecular weight excluding hydrogens is 178 g/mol. The SMILES string of the molecule is CC(C)Cc1nc2cc(N)cnc2o1. The molecule has 0 atom stereocenters. The maximum absolute atomic E-state index is 5.59. The molecule has 0 aliphatic heterocycles. The summed E-state index contributed by atoms with van der Waals surface area (Å²) in [6.07, 6.45) is 2.41. The summed E-state index contributed by atoms with van der Waals surface area (Å²) in [4.78, 5) is 8.36. The van der Waals surface area contributed by atoms with E-state index in [0.29, 0.717) is 17.3 Å². The average molecular weight is 191 g/mol. The van der Waals surface area contributed by atoms with Gasteiger partial charge in [-0.25, -0.2) is 9.97 Å². The summed E-state index contributed by atoms with van der Waals surface area (Å²) in [5.74, 6) is 1.26. The number of pyridine rings is 1. The maximum atomic E-state index is 5.59. The van der Waals surface area contributed by atoms with Gasteiger partial charge in [0.1, 0.15) is 5.52 Å². The quantitative estimate of drug-likeness (QED) is 0.788. The number of fused-ring (bicyclic) bond motifs is 1. The predicted octanol–water partition coefficient (Wildman–Crippen LogP) is 2.00. The van der Waals surface area contributed by atoms with Gasteiger partial charge in [-0.15, -0.1) is 0 Å². The average Bonchev–Trinajstić information content (AvgIpc) is 2.44. The highest BCUT2D eigenvalue weighted by Gasteiger charge is 2.08. The van der Waals surface area contributed by atoms with Crippen molar-refractivity contribution in [2.45, 2.75) is 20.3 Å². The summed E-state index contributed by atoms with van der Waals surface area (Å²) < 4.78 is 5.46. The molecule has 0 saturated carbocycles. The van der Waals surface area contributed by atoms with Crippen molar-refractivity contribution in [3.8, 4) is 0 Å². The molecule has 0 aliphatic rings. The van der Waals surface area contributed by atoms with Crippen LogP contribution in [-0.2, 0) is 6.42 Å². The molecule has 0 radical (unpaired) electrons. The first-order chi connectivity index (χ1) is 6.65. The van der Waals surface area contributed by atoms with Gasteiger partial charge in [0.25, 0.3) is 0 Å². The predicted molar refractivity (Wildman–Crippen MR) is 54.8 cm³/mol. The van der Waals surface area contributed by atoms with Gasteiger partial charge >= 0.3 is 0 Å². The molecule has 4 heteroatoms. The van der Waals surface area contributed by atoms with Crippen LogP contribution >= 0.6 is 0 Å². The van der Waals surface area contributed by atoms with Gasteiger partial charge in [0.15, 0.2) is 5.89 Å². The Morgan fingerprint density at radius 2 is 2.29 bits per heavy atom. The van der Waals surface area contributed by atoms with Crippen LogP contribution < -0.4 is 5.73 Å². The van der Waals surface area contributed by atoms with E-state index in [0.717, 1.165) is 17.8 Å². The Balaban J connectivity index is 2.41. The van der Waals surface area contributed by atoms with Gasteiger partial charge in [-0.05, 0) is 12.0 Å². The lowest BCUT2D eigenvalue weighted by Crippen LogP contribution is -1.93. The topological polar surface area (TPSA) is 64.9 Å². The van der Waals surface area contributed by atoms with Crippen LogP contribution in [0, 0.1) is 5.92 Å². The summed E-state index contributed by atoms with van der Waals surface area (Å²) in [5, 5.41) is 0. The molecule has 14 heavy (non-hydrogen) atoms. The van der Waals surface area contributed by atoms with Crippen molar-refractivity contribution < 1.29 is 4.42 Å². The lowest BCUT2D eigenvalue weighted by Gasteiger charge is -1.96. The number of nitrogens with zero attached hydrogens (tertiary/aromatic N) is 2. The van der Waals surface area contributed by atoms with Crippen LogP contribution in [0.15, 0.2) is 16.7 Å². The van der Waals surface area contributed by atoms with Crippen molar-refractivity contribution >= 4 is 16.9 Å². The van der Waals surface area contributed by atoms with Gasteiger partial charge in [-0.1, -0.05) is 13.8 Å². The van der Waals surface area contributed by atoms with E-state index in [2.05, 4.69) is 23.8 Å². The minimum Gasteiger partial charge on any atom is -0.422 e. The van der Waals surface area contributed by atoms with Crippen LogP contribution in [-0.4, -0.2) is 9.97 Å². The molecule has 2 N–H and O–H groups in total. The molecule has 2 rings (SSSR count). The standard InChI is InChI=1S/C10H13N3O/c1-6(2)3-9-13-8-4-7(11)5-12-10(8)14-9/h4-6H,3,11H2,1-2H3.